The van der Waals surface area contributed by atoms with Crippen molar-refractivity contribution in [1.29, 1.82) is 0 Å². The van der Waals surface area contributed by atoms with E-state index in [1.54, 1.807) is 29.6 Å². The predicted octanol–water partition coefficient (Wildman–Crippen LogP) is 4.60. The van der Waals surface area contributed by atoms with Crippen LogP contribution in [0.25, 0.3) is 0 Å². The van der Waals surface area contributed by atoms with Crippen molar-refractivity contribution in [3.63, 3.8) is 0 Å². The number of hydrogen-bond donors (Lipinski definition) is 2. The molecule has 0 aliphatic carbocycles. The second-order valence-corrected chi connectivity index (χ2v) is 7.91. The molecule has 0 saturated heterocycles. The maximum absolute atomic E-state index is 12.2. The molecule has 23 heavy (non-hydrogen) atoms. The Hall–Kier alpha value is -2.31. The van der Waals surface area contributed by atoms with Crippen LogP contribution in [0.1, 0.15) is 5.56 Å². The van der Waals surface area contributed by atoms with Crippen molar-refractivity contribution in [1.82, 2.24) is 0 Å². The largest absolute Gasteiger partial charge is 0.355 e. The number of hydrogen-bond acceptors (Lipinski definition) is 4. The average Bonchev–Trinajstić information content (AvgIpc) is 3.06. The van der Waals surface area contributed by atoms with Gasteiger partial charge in [-0.1, -0.05) is 24.3 Å². The number of para-hydroxylation sites is 1. The van der Waals surface area contributed by atoms with Gasteiger partial charge >= 0.3 is 0 Å². The van der Waals surface area contributed by atoms with Gasteiger partial charge in [-0.2, -0.15) is 0 Å². The summed E-state index contributed by atoms with van der Waals surface area (Å²) in [6.45, 7) is 2.03. The number of benzene rings is 2. The molecule has 0 radical (unpaired) electrons. The van der Waals surface area contributed by atoms with Crippen molar-refractivity contribution in [2.24, 2.45) is 0 Å². The van der Waals surface area contributed by atoms with E-state index in [9.17, 15) is 8.42 Å². The molecule has 0 atom stereocenters. The van der Waals surface area contributed by atoms with E-state index in [0.29, 0.717) is 9.90 Å². The normalized spacial score (nSPS) is 11.2. The summed E-state index contributed by atoms with van der Waals surface area (Å²) in [5.41, 5.74) is 3.61. The van der Waals surface area contributed by atoms with E-state index in [0.717, 1.165) is 16.9 Å². The summed E-state index contributed by atoms with van der Waals surface area (Å²) in [6, 6.07) is 18.5. The number of thiophene rings is 1. The first-order valence-corrected chi connectivity index (χ1v) is 9.40. The molecule has 1 aromatic heterocycles. The molecule has 4 nitrogen and oxygen atoms in total. The van der Waals surface area contributed by atoms with Gasteiger partial charge in [0.05, 0.1) is 0 Å². The van der Waals surface area contributed by atoms with Crippen LogP contribution in [0.4, 0.5) is 17.1 Å². The van der Waals surface area contributed by atoms with Gasteiger partial charge in [-0.25, -0.2) is 8.42 Å². The van der Waals surface area contributed by atoms with Crippen LogP contribution in [0.15, 0.2) is 70.3 Å². The highest BCUT2D eigenvalue weighted by atomic mass is 32.2. The molecule has 1 heterocycles. The fraction of sp³-hybridized carbons (Fsp3) is 0.0588. The van der Waals surface area contributed by atoms with Gasteiger partial charge in [0.15, 0.2) is 0 Å². The summed E-state index contributed by atoms with van der Waals surface area (Å²) in [4.78, 5) is 0. The van der Waals surface area contributed by atoms with E-state index in [2.05, 4.69) is 10.0 Å². The number of anilines is 3. The molecule has 2 aromatic carbocycles. The molecule has 118 valence electrons. The zero-order valence-corrected chi connectivity index (χ0v) is 14.1. The van der Waals surface area contributed by atoms with Crippen LogP contribution >= 0.6 is 11.3 Å². The summed E-state index contributed by atoms with van der Waals surface area (Å²) < 4.78 is 27.2. The lowest BCUT2D eigenvalue weighted by molar-refractivity contribution is 0.603. The van der Waals surface area contributed by atoms with Crippen LogP contribution in [0.5, 0.6) is 0 Å². The minimum atomic E-state index is -3.50. The van der Waals surface area contributed by atoms with E-state index >= 15 is 0 Å². The fourth-order valence-corrected chi connectivity index (χ4v) is 4.16. The van der Waals surface area contributed by atoms with Gasteiger partial charge in [0, 0.05) is 17.1 Å². The topological polar surface area (TPSA) is 58.2 Å². The average molecular weight is 344 g/mol. The summed E-state index contributed by atoms with van der Waals surface area (Å²) in [5, 5.41) is 5.05. The van der Waals surface area contributed by atoms with Crippen LogP contribution in [0, 0.1) is 6.92 Å². The molecule has 0 aliphatic rings. The van der Waals surface area contributed by atoms with E-state index < -0.39 is 10.0 Å². The van der Waals surface area contributed by atoms with Gasteiger partial charge in [0.1, 0.15) is 4.21 Å². The van der Waals surface area contributed by atoms with Crippen molar-refractivity contribution in [3.05, 3.63) is 71.6 Å². The van der Waals surface area contributed by atoms with Gasteiger partial charge in [-0.15, -0.1) is 11.3 Å². The van der Waals surface area contributed by atoms with Crippen LogP contribution in [0.2, 0.25) is 0 Å². The van der Waals surface area contributed by atoms with Crippen molar-refractivity contribution in [2.45, 2.75) is 11.1 Å². The molecule has 3 aromatic rings. The smallest absolute Gasteiger partial charge is 0.271 e. The summed E-state index contributed by atoms with van der Waals surface area (Å²) in [5.74, 6) is 0. The van der Waals surface area contributed by atoms with Gasteiger partial charge in [0.25, 0.3) is 10.0 Å². The van der Waals surface area contributed by atoms with Crippen molar-refractivity contribution in [2.75, 3.05) is 10.0 Å². The molecular weight excluding hydrogens is 328 g/mol. The lowest BCUT2D eigenvalue weighted by Crippen LogP contribution is -2.11. The second-order valence-electron chi connectivity index (χ2n) is 5.05. The molecule has 0 aliphatic heterocycles. The first kappa shape index (κ1) is 15.6. The second kappa shape index (κ2) is 6.44. The molecule has 0 spiro atoms. The zero-order valence-electron chi connectivity index (χ0n) is 12.5. The Labute approximate surface area is 139 Å². The third-order valence-corrected chi connectivity index (χ3v) is 6.10. The lowest BCUT2D eigenvalue weighted by atomic mass is 10.2. The molecule has 0 unspecified atom stereocenters. The minimum absolute atomic E-state index is 0.305. The minimum Gasteiger partial charge on any atom is -0.355 e. The van der Waals surface area contributed by atoms with E-state index in [-0.39, 0.29) is 0 Å². The SMILES string of the molecule is Cc1ccccc1Nc1ccc(NS(=O)(=O)c2cccs2)cc1. The highest BCUT2D eigenvalue weighted by Gasteiger charge is 2.14. The molecular formula is C17H16N2O2S2. The highest BCUT2D eigenvalue weighted by molar-refractivity contribution is 7.94. The molecule has 0 saturated carbocycles. The van der Waals surface area contributed by atoms with Gasteiger partial charge < -0.3 is 5.32 Å². The van der Waals surface area contributed by atoms with E-state index in [1.807, 2.05) is 43.3 Å². The number of rotatable bonds is 5. The van der Waals surface area contributed by atoms with Gasteiger partial charge in [0.2, 0.25) is 0 Å². The zero-order chi connectivity index (χ0) is 16.3. The molecule has 2 N–H and O–H groups in total. The lowest BCUT2D eigenvalue weighted by Gasteiger charge is -2.11. The fourth-order valence-electron chi connectivity index (χ4n) is 2.11. The quantitative estimate of drug-likeness (QED) is 0.711. The Bertz CT molecular complexity index is 887. The van der Waals surface area contributed by atoms with Crippen LogP contribution in [0.3, 0.4) is 0 Å². The number of sulfonamides is 1. The summed E-state index contributed by atoms with van der Waals surface area (Å²) in [7, 11) is -3.50. The molecule has 0 bridgehead atoms. The maximum atomic E-state index is 12.2. The molecule has 6 heteroatoms. The Morgan fingerprint density at radius 1 is 0.870 bits per heavy atom. The molecule has 0 amide bonds. The van der Waals surface area contributed by atoms with Crippen LogP contribution in [-0.4, -0.2) is 8.42 Å². The first-order chi connectivity index (χ1) is 11.0. The predicted molar refractivity (Wildman–Crippen MR) is 96.0 cm³/mol. The first-order valence-electron chi connectivity index (χ1n) is 7.04. The third-order valence-electron chi connectivity index (χ3n) is 3.32. The highest BCUT2D eigenvalue weighted by Crippen LogP contribution is 2.24. The third kappa shape index (κ3) is 3.72. The Balaban J connectivity index is 1.74. The molecule has 0 fully saturated rings. The monoisotopic (exact) mass is 344 g/mol. The van der Waals surface area contributed by atoms with Crippen LogP contribution < -0.4 is 10.0 Å². The summed E-state index contributed by atoms with van der Waals surface area (Å²) in [6.07, 6.45) is 0. The van der Waals surface area contributed by atoms with Crippen LogP contribution in [-0.2, 0) is 10.0 Å². The van der Waals surface area contributed by atoms with E-state index in [4.69, 9.17) is 0 Å². The Kier molecular flexibility index (Phi) is 4.36. The van der Waals surface area contributed by atoms with Crippen molar-refractivity contribution in [3.8, 4) is 0 Å². The van der Waals surface area contributed by atoms with Gasteiger partial charge in [-0.05, 0) is 54.3 Å². The number of nitrogens with one attached hydrogen (secondary N) is 2. The Morgan fingerprint density at radius 2 is 1.57 bits per heavy atom. The van der Waals surface area contributed by atoms with Crippen molar-refractivity contribution >= 4 is 38.4 Å². The van der Waals surface area contributed by atoms with Crippen molar-refractivity contribution < 1.29 is 8.42 Å². The number of aryl methyl sites for hydroxylation is 1. The standard InChI is InChI=1S/C17H16N2O2S2/c1-13-5-2-3-6-16(13)18-14-8-10-15(11-9-14)19-23(20,21)17-7-4-12-22-17/h2-12,18-19H,1H3. The Morgan fingerprint density at radius 3 is 2.22 bits per heavy atom. The maximum Gasteiger partial charge on any atom is 0.271 e. The molecule has 3 rings (SSSR count). The van der Waals surface area contributed by atoms with E-state index in [1.165, 1.54) is 11.3 Å². The summed E-state index contributed by atoms with van der Waals surface area (Å²) >= 11 is 1.19. The van der Waals surface area contributed by atoms with Gasteiger partial charge in [-0.3, -0.25) is 4.72 Å².